The van der Waals surface area contributed by atoms with Crippen LogP contribution in [0.15, 0.2) is 47.9 Å². The topological polar surface area (TPSA) is 67.2 Å². The number of nitrogens with zero attached hydrogens (tertiary/aromatic N) is 3. The first-order chi connectivity index (χ1) is 13.5. The molecular weight excluding hydrogens is 399 g/mol. The number of amides is 2. The molecule has 28 heavy (non-hydrogen) atoms. The SMILES string of the molecule is O=C(CCN1C(=O)C(=Cc2cccc(F)c2)SC1=S)NCCCn1ccnc1. The van der Waals surface area contributed by atoms with Gasteiger partial charge in [0.05, 0.1) is 11.2 Å². The molecule has 0 radical (unpaired) electrons. The summed E-state index contributed by atoms with van der Waals surface area (Å²) in [4.78, 5) is 30.3. The van der Waals surface area contributed by atoms with Crippen LogP contribution in [0.2, 0.25) is 0 Å². The fraction of sp³-hybridized carbons (Fsp3) is 0.263. The largest absolute Gasteiger partial charge is 0.356 e. The van der Waals surface area contributed by atoms with Crippen molar-refractivity contribution in [1.82, 2.24) is 19.8 Å². The fourth-order valence-corrected chi connectivity index (χ4v) is 3.96. The van der Waals surface area contributed by atoms with E-state index in [9.17, 15) is 14.0 Å². The lowest BCUT2D eigenvalue weighted by Crippen LogP contribution is -2.34. The van der Waals surface area contributed by atoms with Gasteiger partial charge in [0.25, 0.3) is 5.91 Å². The standard InChI is InChI=1S/C19H19FN4O2S2/c20-15-4-1-3-14(11-15)12-16-18(26)24(19(27)28-16)9-5-17(25)22-6-2-8-23-10-7-21-13-23/h1,3-4,7,10-13H,2,5-6,8-9H2,(H,22,25). The van der Waals surface area contributed by atoms with Gasteiger partial charge in [-0.2, -0.15) is 0 Å². The molecule has 146 valence electrons. The van der Waals surface area contributed by atoms with E-state index < -0.39 is 0 Å². The number of thiocarbonyl (C=S) groups is 1. The number of thioether (sulfide) groups is 1. The summed E-state index contributed by atoms with van der Waals surface area (Å²) in [5.41, 5.74) is 0.594. The van der Waals surface area contributed by atoms with Gasteiger partial charge in [0.1, 0.15) is 10.1 Å². The van der Waals surface area contributed by atoms with Crippen LogP contribution in [-0.4, -0.2) is 43.7 Å². The molecule has 1 aromatic carbocycles. The Morgan fingerprint density at radius 3 is 2.96 bits per heavy atom. The van der Waals surface area contributed by atoms with E-state index >= 15 is 0 Å². The van der Waals surface area contributed by atoms with Gasteiger partial charge in [0.2, 0.25) is 5.91 Å². The second kappa shape index (κ2) is 9.61. The smallest absolute Gasteiger partial charge is 0.266 e. The minimum Gasteiger partial charge on any atom is -0.356 e. The average Bonchev–Trinajstić information content (AvgIpc) is 3.26. The first-order valence-corrected chi connectivity index (χ1v) is 9.99. The summed E-state index contributed by atoms with van der Waals surface area (Å²) in [6.45, 7) is 1.55. The summed E-state index contributed by atoms with van der Waals surface area (Å²) in [5, 5.41) is 2.84. The van der Waals surface area contributed by atoms with E-state index in [2.05, 4.69) is 10.3 Å². The lowest BCUT2D eigenvalue weighted by atomic mass is 10.2. The average molecular weight is 419 g/mol. The Hall–Kier alpha value is -2.52. The zero-order valence-electron chi connectivity index (χ0n) is 15.0. The van der Waals surface area contributed by atoms with Crippen LogP contribution in [0.5, 0.6) is 0 Å². The van der Waals surface area contributed by atoms with E-state index in [1.54, 1.807) is 30.7 Å². The number of aromatic nitrogens is 2. The Kier molecular flexibility index (Phi) is 6.94. The van der Waals surface area contributed by atoms with Crippen molar-refractivity contribution in [3.8, 4) is 0 Å². The van der Waals surface area contributed by atoms with Gasteiger partial charge in [0.15, 0.2) is 0 Å². The predicted molar refractivity (Wildman–Crippen MR) is 111 cm³/mol. The van der Waals surface area contributed by atoms with Gasteiger partial charge < -0.3 is 9.88 Å². The van der Waals surface area contributed by atoms with Crippen molar-refractivity contribution in [2.45, 2.75) is 19.4 Å². The second-order valence-electron chi connectivity index (χ2n) is 6.14. The minimum absolute atomic E-state index is 0.131. The Bertz CT molecular complexity index is 899. The van der Waals surface area contributed by atoms with Crippen LogP contribution in [0.3, 0.4) is 0 Å². The molecule has 1 saturated heterocycles. The molecule has 1 aliphatic rings. The maximum atomic E-state index is 13.3. The summed E-state index contributed by atoms with van der Waals surface area (Å²) < 4.78 is 15.6. The highest BCUT2D eigenvalue weighted by Gasteiger charge is 2.32. The van der Waals surface area contributed by atoms with Gasteiger partial charge in [-0.1, -0.05) is 36.1 Å². The van der Waals surface area contributed by atoms with E-state index in [0.29, 0.717) is 21.3 Å². The predicted octanol–water partition coefficient (Wildman–Crippen LogP) is 2.82. The lowest BCUT2D eigenvalue weighted by molar-refractivity contribution is -0.123. The van der Waals surface area contributed by atoms with Gasteiger partial charge in [-0.15, -0.1) is 0 Å². The molecule has 0 spiro atoms. The Balaban J connectivity index is 1.45. The van der Waals surface area contributed by atoms with Crippen LogP contribution >= 0.6 is 24.0 Å². The van der Waals surface area contributed by atoms with Gasteiger partial charge in [0, 0.05) is 38.4 Å². The van der Waals surface area contributed by atoms with Gasteiger partial charge >= 0.3 is 0 Å². The van der Waals surface area contributed by atoms with E-state index in [-0.39, 0.29) is 30.6 Å². The Morgan fingerprint density at radius 1 is 1.36 bits per heavy atom. The van der Waals surface area contributed by atoms with E-state index in [1.807, 2.05) is 10.8 Å². The summed E-state index contributed by atoms with van der Waals surface area (Å²) in [6.07, 6.45) is 7.88. The van der Waals surface area contributed by atoms with Gasteiger partial charge in [-0.3, -0.25) is 14.5 Å². The Labute approximate surface area is 171 Å². The molecule has 0 atom stereocenters. The lowest BCUT2D eigenvalue weighted by Gasteiger charge is -2.14. The van der Waals surface area contributed by atoms with Crippen LogP contribution < -0.4 is 5.32 Å². The van der Waals surface area contributed by atoms with Gasteiger partial charge in [-0.25, -0.2) is 9.37 Å². The maximum absolute atomic E-state index is 13.3. The quantitative estimate of drug-likeness (QED) is 0.406. The highest BCUT2D eigenvalue weighted by atomic mass is 32.2. The van der Waals surface area contributed by atoms with Crippen molar-refractivity contribution in [3.05, 3.63) is 59.3 Å². The van der Waals surface area contributed by atoms with E-state index in [1.165, 1.54) is 17.0 Å². The molecule has 1 N–H and O–H groups in total. The summed E-state index contributed by atoms with van der Waals surface area (Å²) >= 11 is 6.41. The number of hydrogen-bond acceptors (Lipinski definition) is 5. The molecule has 2 aromatic rings. The second-order valence-corrected chi connectivity index (χ2v) is 7.82. The zero-order chi connectivity index (χ0) is 19.9. The first kappa shape index (κ1) is 20.2. The number of halogens is 1. The molecule has 9 heteroatoms. The molecule has 3 rings (SSSR count). The van der Waals surface area contributed by atoms with Crippen molar-refractivity contribution in [3.63, 3.8) is 0 Å². The normalized spacial score (nSPS) is 15.5. The highest BCUT2D eigenvalue weighted by Crippen LogP contribution is 2.32. The molecule has 2 amide bonds. The van der Waals surface area contributed by atoms with Crippen LogP contribution in [0.4, 0.5) is 4.39 Å². The summed E-state index contributed by atoms with van der Waals surface area (Å²) in [6, 6.07) is 5.99. The third-order valence-electron chi connectivity index (χ3n) is 4.06. The van der Waals surface area contributed by atoms with Crippen molar-refractivity contribution >= 4 is 46.2 Å². The van der Waals surface area contributed by atoms with Crippen LogP contribution in [0.1, 0.15) is 18.4 Å². The molecule has 1 aliphatic heterocycles. The van der Waals surface area contributed by atoms with Crippen LogP contribution in [-0.2, 0) is 16.1 Å². The minimum atomic E-state index is -0.367. The van der Waals surface area contributed by atoms with Crippen LogP contribution in [0.25, 0.3) is 6.08 Å². The number of imidazole rings is 1. The molecule has 2 heterocycles. The number of hydrogen-bond donors (Lipinski definition) is 1. The van der Waals surface area contributed by atoms with Crippen molar-refractivity contribution in [2.24, 2.45) is 0 Å². The fourth-order valence-electron chi connectivity index (χ4n) is 2.65. The third kappa shape index (κ3) is 5.49. The molecule has 0 aliphatic carbocycles. The Morgan fingerprint density at radius 2 is 2.21 bits per heavy atom. The van der Waals surface area contributed by atoms with E-state index in [4.69, 9.17) is 12.2 Å². The number of nitrogens with one attached hydrogen (secondary N) is 1. The number of rotatable bonds is 8. The van der Waals surface area contributed by atoms with Gasteiger partial charge in [-0.05, 0) is 30.2 Å². The molecule has 1 aromatic heterocycles. The molecule has 0 saturated carbocycles. The van der Waals surface area contributed by atoms with Crippen molar-refractivity contribution < 1.29 is 14.0 Å². The summed E-state index contributed by atoms with van der Waals surface area (Å²) in [7, 11) is 0. The molecule has 6 nitrogen and oxygen atoms in total. The maximum Gasteiger partial charge on any atom is 0.266 e. The monoisotopic (exact) mass is 418 g/mol. The summed E-state index contributed by atoms with van der Waals surface area (Å²) in [5.74, 6) is -0.755. The molecule has 0 unspecified atom stereocenters. The van der Waals surface area contributed by atoms with Crippen LogP contribution in [0, 0.1) is 5.82 Å². The number of carbonyl (C=O) groups excluding carboxylic acids is 2. The third-order valence-corrected chi connectivity index (χ3v) is 5.43. The van der Waals surface area contributed by atoms with E-state index in [0.717, 1.165) is 24.7 Å². The number of carbonyl (C=O) groups is 2. The first-order valence-electron chi connectivity index (χ1n) is 8.76. The molecule has 1 fully saturated rings. The van der Waals surface area contributed by atoms with Crippen molar-refractivity contribution in [2.75, 3.05) is 13.1 Å². The number of aryl methyl sites for hydroxylation is 1. The van der Waals surface area contributed by atoms with Crippen molar-refractivity contribution in [1.29, 1.82) is 0 Å². The molecule has 0 bridgehead atoms. The zero-order valence-corrected chi connectivity index (χ0v) is 16.6. The number of benzene rings is 1. The molecular formula is C19H19FN4O2S2. The highest BCUT2D eigenvalue weighted by molar-refractivity contribution is 8.26.